The van der Waals surface area contributed by atoms with E-state index in [0.717, 1.165) is 11.5 Å². The number of nitrogens with one attached hydrogen (secondary N) is 1. The molecule has 2 aliphatic rings. The minimum absolute atomic E-state index is 0.159. The van der Waals surface area contributed by atoms with Gasteiger partial charge in [-0.05, 0) is 44.3 Å². The van der Waals surface area contributed by atoms with E-state index in [1.54, 1.807) is 18.2 Å². The van der Waals surface area contributed by atoms with Crippen molar-refractivity contribution in [3.63, 3.8) is 0 Å². The third kappa shape index (κ3) is 2.69. The van der Waals surface area contributed by atoms with Gasteiger partial charge in [-0.1, -0.05) is 12.1 Å². The lowest BCUT2D eigenvalue weighted by atomic mass is 9.92. The van der Waals surface area contributed by atoms with Crippen LogP contribution in [-0.2, 0) is 0 Å². The summed E-state index contributed by atoms with van der Waals surface area (Å²) in [6.07, 6.45) is 2.46. The van der Waals surface area contributed by atoms with Crippen molar-refractivity contribution in [2.24, 2.45) is 5.92 Å². The number of benzene rings is 1. The molecule has 20 heavy (non-hydrogen) atoms. The van der Waals surface area contributed by atoms with Crippen LogP contribution in [0.2, 0.25) is 0 Å². The molecule has 0 aromatic heterocycles. The summed E-state index contributed by atoms with van der Waals surface area (Å²) in [5, 5.41) is 14.5. The Labute approximate surface area is 119 Å². The van der Waals surface area contributed by atoms with E-state index in [-0.39, 0.29) is 16.7 Å². The fourth-order valence-electron chi connectivity index (χ4n) is 3.50. The molecule has 5 nitrogen and oxygen atoms in total. The molecule has 108 valence electrons. The van der Waals surface area contributed by atoms with Gasteiger partial charge in [-0.25, -0.2) is 0 Å². The van der Waals surface area contributed by atoms with E-state index < -0.39 is 0 Å². The summed E-state index contributed by atoms with van der Waals surface area (Å²) < 4.78 is 0. The highest BCUT2D eigenvalue weighted by atomic mass is 16.6. The maximum absolute atomic E-state index is 10.8. The van der Waals surface area contributed by atoms with E-state index in [1.165, 1.54) is 32.5 Å². The van der Waals surface area contributed by atoms with Gasteiger partial charge < -0.3 is 10.2 Å². The zero-order valence-corrected chi connectivity index (χ0v) is 11.8. The largest absolute Gasteiger partial charge is 0.307 e. The number of rotatable bonds is 4. The molecule has 0 aliphatic carbocycles. The van der Waals surface area contributed by atoms with Crippen LogP contribution >= 0.6 is 0 Å². The number of piperidine rings is 1. The molecule has 2 heterocycles. The average molecular weight is 275 g/mol. The van der Waals surface area contributed by atoms with Gasteiger partial charge in [-0.2, -0.15) is 0 Å². The Kier molecular flexibility index (Phi) is 3.72. The number of nitro benzene ring substituents is 1. The number of hydrogen-bond acceptors (Lipinski definition) is 4. The Bertz CT molecular complexity index is 506. The Hall–Kier alpha value is -1.46. The molecule has 0 saturated carbocycles. The first-order valence-corrected chi connectivity index (χ1v) is 7.36. The number of non-ortho nitro benzene ring substituents is 1. The first-order valence-electron chi connectivity index (χ1n) is 7.36. The molecule has 1 aromatic rings. The third-order valence-electron chi connectivity index (χ3n) is 4.68. The Morgan fingerprint density at radius 3 is 3.00 bits per heavy atom. The van der Waals surface area contributed by atoms with Crippen molar-refractivity contribution in [1.82, 2.24) is 10.2 Å². The van der Waals surface area contributed by atoms with Crippen LogP contribution in [0.4, 0.5) is 5.69 Å². The molecular formula is C15H21N3O2. The molecule has 2 bridgehead atoms. The predicted molar refractivity (Wildman–Crippen MR) is 77.6 cm³/mol. The first-order chi connectivity index (χ1) is 9.63. The highest BCUT2D eigenvalue weighted by molar-refractivity contribution is 5.35. The second kappa shape index (κ2) is 5.50. The molecule has 2 saturated heterocycles. The van der Waals surface area contributed by atoms with Crippen LogP contribution in [0.15, 0.2) is 24.3 Å². The van der Waals surface area contributed by atoms with Crippen LogP contribution < -0.4 is 5.32 Å². The lowest BCUT2D eigenvalue weighted by molar-refractivity contribution is -0.384. The second-order valence-corrected chi connectivity index (χ2v) is 5.98. The Morgan fingerprint density at radius 1 is 1.40 bits per heavy atom. The number of nitrogens with zero attached hydrogens (tertiary/aromatic N) is 2. The lowest BCUT2D eigenvalue weighted by Gasteiger charge is -2.33. The van der Waals surface area contributed by atoms with Gasteiger partial charge in [-0.15, -0.1) is 0 Å². The molecule has 0 spiro atoms. The zero-order chi connectivity index (χ0) is 14.1. The molecule has 2 fully saturated rings. The maximum Gasteiger partial charge on any atom is 0.269 e. The molecule has 0 amide bonds. The summed E-state index contributed by atoms with van der Waals surface area (Å²) in [6.45, 7) is 5.71. The summed E-state index contributed by atoms with van der Waals surface area (Å²) in [5.41, 5.74) is 1.17. The van der Waals surface area contributed by atoms with Crippen LogP contribution in [0.5, 0.6) is 0 Å². The van der Waals surface area contributed by atoms with Crippen molar-refractivity contribution in [3.05, 3.63) is 39.9 Å². The minimum Gasteiger partial charge on any atom is -0.307 e. The fourth-order valence-corrected chi connectivity index (χ4v) is 3.50. The highest BCUT2D eigenvalue weighted by Gasteiger charge is 2.34. The molecule has 0 radical (unpaired) electrons. The minimum atomic E-state index is -0.328. The van der Waals surface area contributed by atoms with Gasteiger partial charge in [0.1, 0.15) is 0 Å². The summed E-state index contributed by atoms with van der Waals surface area (Å²) in [7, 11) is 0. The van der Waals surface area contributed by atoms with Gasteiger partial charge in [0.25, 0.3) is 5.69 Å². The number of nitro groups is 1. The molecule has 1 N–H and O–H groups in total. The maximum atomic E-state index is 10.8. The van der Waals surface area contributed by atoms with Crippen LogP contribution in [0.1, 0.15) is 31.4 Å². The topological polar surface area (TPSA) is 58.4 Å². The summed E-state index contributed by atoms with van der Waals surface area (Å²) >= 11 is 0. The monoisotopic (exact) mass is 275 g/mol. The lowest BCUT2D eigenvalue weighted by Crippen LogP contribution is -2.44. The Morgan fingerprint density at radius 2 is 2.20 bits per heavy atom. The normalized spacial score (nSPS) is 30.1. The SMILES string of the molecule is CC(NC1CCN2CCC1C2)c1cccc([N+](=O)[O-])c1. The molecule has 4 unspecified atom stereocenters. The van der Waals surface area contributed by atoms with E-state index in [4.69, 9.17) is 0 Å². The van der Waals surface area contributed by atoms with Gasteiger partial charge in [0, 0.05) is 30.8 Å². The molecule has 1 aromatic carbocycles. The molecule has 3 rings (SSSR count). The van der Waals surface area contributed by atoms with E-state index in [9.17, 15) is 10.1 Å². The van der Waals surface area contributed by atoms with Crippen molar-refractivity contribution in [1.29, 1.82) is 0 Å². The van der Waals surface area contributed by atoms with E-state index in [1.807, 2.05) is 6.07 Å². The molecule has 2 aliphatic heterocycles. The van der Waals surface area contributed by atoms with Crippen LogP contribution in [0, 0.1) is 16.0 Å². The van der Waals surface area contributed by atoms with Gasteiger partial charge in [-0.3, -0.25) is 10.1 Å². The fraction of sp³-hybridized carbons (Fsp3) is 0.600. The third-order valence-corrected chi connectivity index (χ3v) is 4.68. The molecule has 4 atom stereocenters. The van der Waals surface area contributed by atoms with E-state index in [0.29, 0.717) is 6.04 Å². The number of hydrogen-bond donors (Lipinski definition) is 1. The molecule has 5 heteroatoms. The van der Waals surface area contributed by atoms with Crippen LogP contribution in [0.25, 0.3) is 0 Å². The van der Waals surface area contributed by atoms with Crippen LogP contribution in [-0.4, -0.2) is 35.5 Å². The summed E-state index contributed by atoms with van der Waals surface area (Å²) in [5.74, 6) is 0.741. The van der Waals surface area contributed by atoms with E-state index >= 15 is 0 Å². The smallest absolute Gasteiger partial charge is 0.269 e. The molecular weight excluding hydrogens is 254 g/mol. The second-order valence-electron chi connectivity index (χ2n) is 5.98. The van der Waals surface area contributed by atoms with Crippen molar-refractivity contribution in [3.8, 4) is 0 Å². The quantitative estimate of drug-likeness (QED) is 0.677. The van der Waals surface area contributed by atoms with Gasteiger partial charge in [0.2, 0.25) is 0 Å². The zero-order valence-electron chi connectivity index (χ0n) is 11.8. The van der Waals surface area contributed by atoms with E-state index in [2.05, 4.69) is 17.1 Å². The standard InChI is InChI=1S/C15H21N3O2/c1-11(12-3-2-4-14(9-12)18(19)20)16-15-6-8-17-7-5-13(15)10-17/h2-4,9,11,13,15-16H,5-8,10H2,1H3. The average Bonchev–Trinajstić information content (AvgIpc) is 2.85. The predicted octanol–water partition coefficient (Wildman–Crippen LogP) is 2.34. The highest BCUT2D eigenvalue weighted by Crippen LogP contribution is 2.29. The summed E-state index contributed by atoms with van der Waals surface area (Å²) in [6, 6.07) is 7.67. The van der Waals surface area contributed by atoms with Crippen LogP contribution in [0.3, 0.4) is 0 Å². The van der Waals surface area contributed by atoms with Crippen molar-refractivity contribution < 1.29 is 4.92 Å². The summed E-state index contributed by atoms with van der Waals surface area (Å²) in [4.78, 5) is 13.1. The van der Waals surface area contributed by atoms with Crippen molar-refractivity contribution in [2.75, 3.05) is 19.6 Å². The van der Waals surface area contributed by atoms with Crippen molar-refractivity contribution in [2.45, 2.75) is 31.8 Å². The first kappa shape index (κ1) is 13.5. The van der Waals surface area contributed by atoms with Gasteiger partial charge in [0.15, 0.2) is 0 Å². The Balaban J connectivity index is 1.68. The number of fused-ring (bicyclic) bond motifs is 2. The van der Waals surface area contributed by atoms with Gasteiger partial charge >= 0.3 is 0 Å². The van der Waals surface area contributed by atoms with Gasteiger partial charge in [0.05, 0.1) is 4.92 Å². The van der Waals surface area contributed by atoms with Crippen molar-refractivity contribution >= 4 is 5.69 Å².